The second-order valence-electron chi connectivity index (χ2n) is 10.7. The summed E-state index contributed by atoms with van der Waals surface area (Å²) in [4.78, 5) is 51.5. The van der Waals surface area contributed by atoms with Crippen LogP contribution in [0.4, 0.5) is 0 Å². The van der Waals surface area contributed by atoms with Gasteiger partial charge in [0.2, 0.25) is 5.91 Å². The van der Waals surface area contributed by atoms with Crippen LogP contribution in [0.1, 0.15) is 52.1 Å². The minimum atomic E-state index is -0.666. The predicted molar refractivity (Wildman–Crippen MR) is 148 cm³/mol. The number of hydrogen-bond acceptors (Lipinski definition) is 8. The van der Waals surface area contributed by atoms with Crippen LogP contribution in [0.5, 0.6) is 0 Å². The molecular weight excluding hydrogens is 516 g/mol. The van der Waals surface area contributed by atoms with E-state index in [-0.39, 0.29) is 35.8 Å². The minimum absolute atomic E-state index is 0.0527. The second kappa shape index (κ2) is 13.0. The molecule has 2 unspecified atom stereocenters. The smallest absolute Gasteiger partial charge is 0.264 e. The van der Waals surface area contributed by atoms with Gasteiger partial charge in [0.1, 0.15) is 6.04 Å². The van der Waals surface area contributed by atoms with Gasteiger partial charge in [-0.2, -0.15) is 0 Å². The summed E-state index contributed by atoms with van der Waals surface area (Å²) in [5.74, 6) is -0.459. The maximum Gasteiger partial charge on any atom is 0.264 e. The molecule has 0 spiro atoms. The number of aromatic nitrogens is 1. The number of rotatable bonds is 8. The van der Waals surface area contributed by atoms with E-state index in [2.05, 4.69) is 15.2 Å². The molecule has 3 aliphatic rings. The van der Waals surface area contributed by atoms with E-state index in [0.717, 1.165) is 38.8 Å². The molecule has 0 bridgehead atoms. The largest absolute Gasteiger partial charge is 0.379 e. The van der Waals surface area contributed by atoms with Crippen molar-refractivity contribution in [1.82, 2.24) is 25.0 Å². The van der Waals surface area contributed by atoms with Crippen molar-refractivity contribution in [2.45, 2.75) is 56.3 Å². The second-order valence-corrected chi connectivity index (χ2v) is 11.6. The van der Waals surface area contributed by atoms with E-state index in [1.54, 1.807) is 23.2 Å². The summed E-state index contributed by atoms with van der Waals surface area (Å²) in [7, 11) is 0. The highest BCUT2D eigenvalue weighted by Gasteiger charge is 2.44. The number of amides is 3. The first kappa shape index (κ1) is 27.7. The lowest BCUT2D eigenvalue weighted by atomic mass is 9.91. The summed E-state index contributed by atoms with van der Waals surface area (Å²) in [6.07, 6.45) is 6.96. The third kappa shape index (κ3) is 6.84. The Kier molecular flexibility index (Phi) is 9.23. The predicted octanol–water partition coefficient (Wildman–Crippen LogP) is 1.59. The number of nitrogens with one attached hydrogen (secondary N) is 1. The number of hydrogen-bond donors (Lipinski definition) is 2. The van der Waals surface area contributed by atoms with Gasteiger partial charge in [-0.15, -0.1) is 11.3 Å². The fourth-order valence-electron chi connectivity index (χ4n) is 5.79. The number of carbonyl (C=O) groups is 3. The number of likely N-dealkylation sites (tertiary alicyclic amines) is 1. The van der Waals surface area contributed by atoms with Gasteiger partial charge in [-0.05, 0) is 55.7 Å². The lowest BCUT2D eigenvalue weighted by Crippen LogP contribution is -2.50. The third-order valence-corrected chi connectivity index (χ3v) is 8.92. The van der Waals surface area contributed by atoms with Gasteiger partial charge in [0.05, 0.1) is 29.7 Å². The van der Waals surface area contributed by atoms with Crippen LogP contribution in [0.15, 0.2) is 42.0 Å². The van der Waals surface area contributed by atoms with E-state index in [4.69, 9.17) is 10.5 Å². The zero-order valence-electron chi connectivity index (χ0n) is 22.2. The van der Waals surface area contributed by atoms with Crippen LogP contribution in [-0.2, 0) is 9.53 Å². The Hall–Kier alpha value is -2.86. The Labute approximate surface area is 233 Å². The zero-order chi connectivity index (χ0) is 27.2. The summed E-state index contributed by atoms with van der Waals surface area (Å²) in [6, 6.07) is 6.43. The van der Waals surface area contributed by atoms with Crippen LogP contribution >= 0.6 is 11.3 Å². The number of morpholine rings is 1. The van der Waals surface area contributed by atoms with Gasteiger partial charge in [-0.1, -0.05) is 6.07 Å². The number of nitrogens with zero attached hydrogens (tertiary/aromatic N) is 4. The number of ether oxygens (including phenoxy) is 1. The number of nitrogens with two attached hydrogens (primary N) is 1. The van der Waals surface area contributed by atoms with Gasteiger partial charge >= 0.3 is 0 Å². The average molecular weight is 555 g/mol. The molecule has 1 saturated carbocycles. The van der Waals surface area contributed by atoms with Gasteiger partial charge in [-0.25, -0.2) is 0 Å². The van der Waals surface area contributed by atoms with Gasteiger partial charge in [0.25, 0.3) is 11.8 Å². The molecule has 2 atom stereocenters. The van der Waals surface area contributed by atoms with Crippen molar-refractivity contribution < 1.29 is 19.1 Å². The molecule has 5 rings (SSSR count). The monoisotopic (exact) mass is 554 g/mol. The molecule has 10 nitrogen and oxygen atoms in total. The van der Waals surface area contributed by atoms with Crippen molar-refractivity contribution in [1.29, 1.82) is 0 Å². The minimum Gasteiger partial charge on any atom is -0.379 e. The molecule has 2 aromatic heterocycles. The van der Waals surface area contributed by atoms with Gasteiger partial charge in [0.15, 0.2) is 0 Å². The van der Waals surface area contributed by atoms with Crippen molar-refractivity contribution in [3.63, 3.8) is 0 Å². The van der Waals surface area contributed by atoms with E-state index in [0.29, 0.717) is 49.7 Å². The molecule has 1 aliphatic carbocycles. The van der Waals surface area contributed by atoms with Crippen LogP contribution in [0, 0.1) is 0 Å². The Morgan fingerprint density at radius 3 is 2.62 bits per heavy atom. The first-order chi connectivity index (χ1) is 19.0. The van der Waals surface area contributed by atoms with Crippen LogP contribution in [0.25, 0.3) is 0 Å². The molecule has 4 heterocycles. The molecule has 0 aromatic carbocycles. The molecule has 2 aromatic rings. The quantitative estimate of drug-likeness (QED) is 0.508. The molecule has 39 heavy (non-hydrogen) atoms. The standard InChI is InChI=1S/C28H38N6O4S/c29-21-5-7-22(8-6-21)31-26(35)24-17-23(19-34(24)27(36)20-3-1-9-30-18-20)33(28(37)25-4-2-16-39-25)11-10-32-12-14-38-15-13-32/h1-4,9,16,18,21-24H,5-8,10-15,17,19,29H2,(H,31,35). The first-order valence-corrected chi connectivity index (χ1v) is 14.8. The molecule has 11 heteroatoms. The van der Waals surface area contributed by atoms with Crippen molar-refractivity contribution >= 4 is 29.1 Å². The first-order valence-electron chi connectivity index (χ1n) is 13.9. The molecule has 3 amide bonds. The highest BCUT2D eigenvalue weighted by atomic mass is 32.1. The summed E-state index contributed by atoms with van der Waals surface area (Å²) >= 11 is 1.41. The van der Waals surface area contributed by atoms with Crippen molar-refractivity contribution in [3.05, 3.63) is 52.5 Å². The van der Waals surface area contributed by atoms with E-state index in [1.165, 1.54) is 17.5 Å². The molecule has 2 aliphatic heterocycles. The number of thiophene rings is 1. The Morgan fingerprint density at radius 1 is 1.13 bits per heavy atom. The Morgan fingerprint density at radius 2 is 1.92 bits per heavy atom. The molecule has 2 saturated heterocycles. The maximum atomic E-state index is 13.7. The average Bonchev–Trinajstić information content (AvgIpc) is 3.66. The normalized spacial score (nSPS) is 25.8. The number of pyridine rings is 1. The van der Waals surface area contributed by atoms with Crippen molar-refractivity contribution in [3.8, 4) is 0 Å². The lowest BCUT2D eigenvalue weighted by molar-refractivity contribution is -0.125. The SMILES string of the molecule is NC1CCC(NC(=O)C2CC(N(CCN3CCOCC3)C(=O)c3cccs3)CN2C(=O)c2cccnc2)CC1. The zero-order valence-corrected chi connectivity index (χ0v) is 23.1. The van der Waals surface area contributed by atoms with Crippen LogP contribution < -0.4 is 11.1 Å². The highest BCUT2D eigenvalue weighted by Crippen LogP contribution is 2.28. The lowest BCUT2D eigenvalue weighted by Gasteiger charge is -2.33. The van der Waals surface area contributed by atoms with Crippen molar-refractivity contribution in [2.24, 2.45) is 5.73 Å². The number of carbonyl (C=O) groups excluding carboxylic acids is 3. The summed E-state index contributed by atoms with van der Waals surface area (Å²) in [5, 5.41) is 5.09. The van der Waals surface area contributed by atoms with Gasteiger partial charge < -0.3 is 25.6 Å². The van der Waals surface area contributed by atoms with Crippen LogP contribution in [0.3, 0.4) is 0 Å². The fraction of sp³-hybridized carbons (Fsp3) is 0.571. The van der Waals surface area contributed by atoms with E-state index >= 15 is 0 Å². The topological polar surface area (TPSA) is 121 Å². The molecule has 3 fully saturated rings. The third-order valence-electron chi connectivity index (χ3n) is 8.06. The van der Waals surface area contributed by atoms with Crippen LogP contribution in [0.2, 0.25) is 0 Å². The molecule has 0 radical (unpaired) electrons. The molecule has 3 N–H and O–H groups in total. The Bertz CT molecular complexity index is 1100. The summed E-state index contributed by atoms with van der Waals surface area (Å²) < 4.78 is 5.48. The van der Waals surface area contributed by atoms with Crippen LogP contribution in [-0.4, -0.2) is 108 Å². The Balaban J connectivity index is 1.36. The fourth-order valence-corrected chi connectivity index (χ4v) is 6.47. The van der Waals surface area contributed by atoms with Gasteiger partial charge in [0, 0.05) is 57.2 Å². The van der Waals surface area contributed by atoms with E-state index in [1.807, 2.05) is 22.4 Å². The van der Waals surface area contributed by atoms with E-state index < -0.39 is 6.04 Å². The molecular formula is C28H38N6O4S. The van der Waals surface area contributed by atoms with Crippen molar-refractivity contribution in [2.75, 3.05) is 45.9 Å². The molecule has 210 valence electrons. The maximum absolute atomic E-state index is 13.7. The van der Waals surface area contributed by atoms with E-state index in [9.17, 15) is 14.4 Å². The highest BCUT2D eigenvalue weighted by molar-refractivity contribution is 7.12. The van der Waals surface area contributed by atoms with Gasteiger partial charge in [-0.3, -0.25) is 24.3 Å². The summed E-state index contributed by atoms with van der Waals surface area (Å²) in [5.41, 5.74) is 6.49. The summed E-state index contributed by atoms with van der Waals surface area (Å²) in [6.45, 7) is 4.55.